The van der Waals surface area contributed by atoms with Crippen molar-refractivity contribution in [1.82, 2.24) is 5.43 Å². The van der Waals surface area contributed by atoms with Crippen molar-refractivity contribution < 1.29 is 19.1 Å². The fourth-order valence-corrected chi connectivity index (χ4v) is 3.15. The average Bonchev–Trinajstić information content (AvgIpc) is 3.03. The van der Waals surface area contributed by atoms with Gasteiger partial charge >= 0.3 is 5.97 Å². The molecule has 9 heteroatoms. The van der Waals surface area contributed by atoms with Crippen molar-refractivity contribution in [2.75, 3.05) is 11.5 Å². The van der Waals surface area contributed by atoms with Gasteiger partial charge in [0.2, 0.25) is 5.91 Å². The number of hydrazone groups is 1. The molecule has 2 aliphatic heterocycles. The summed E-state index contributed by atoms with van der Waals surface area (Å²) in [6.07, 6.45) is 0. The first kappa shape index (κ1) is 15.8. The van der Waals surface area contributed by atoms with Crippen LogP contribution in [-0.2, 0) is 19.1 Å². The van der Waals surface area contributed by atoms with Crippen LogP contribution in [0.25, 0.3) is 0 Å². The summed E-state index contributed by atoms with van der Waals surface area (Å²) in [5.74, 6) is -2.97. The average molecular weight is 356 g/mol. The monoisotopic (exact) mass is 355 g/mol. The molecule has 0 saturated carbocycles. The van der Waals surface area contributed by atoms with Crippen LogP contribution in [0.5, 0.6) is 0 Å². The minimum Gasteiger partial charge on any atom is -0.461 e. The minimum absolute atomic E-state index is 0.102. The number of nitrogens with zero attached hydrogens (tertiary/aromatic N) is 2. The van der Waals surface area contributed by atoms with Gasteiger partial charge in [0, 0.05) is 0 Å². The number of carbonyl (C=O) groups is 3. The molecule has 1 N–H and O–H groups in total. The first-order chi connectivity index (χ1) is 11.0. The van der Waals surface area contributed by atoms with Gasteiger partial charge in [-0.05, 0) is 19.1 Å². The summed E-state index contributed by atoms with van der Waals surface area (Å²) >= 11 is 12.1. The van der Waals surface area contributed by atoms with Crippen LogP contribution in [0.2, 0.25) is 10.0 Å². The topological polar surface area (TPSA) is 88.1 Å². The number of anilines is 1. The quantitative estimate of drug-likeness (QED) is 0.653. The maximum absolute atomic E-state index is 12.7. The zero-order chi connectivity index (χ0) is 16.7. The van der Waals surface area contributed by atoms with Gasteiger partial charge in [-0.1, -0.05) is 29.3 Å². The molecule has 2 atom stereocenters. The Balaban J connectivity index is 1.99. The molecule has 1 saturated heterocycles. The standard InChI is InChI=1S/C14H11Cl2N3O4/c1-2-23-14(22)10-8-9(17-18-10)13(21)19(12(8)20)11-6(15)4-3-5-7(11)16/h3-5,8-9,17H,2H2,1H3/t8-,9-/m1/s1. The third-order valence-corrected chi connectivity index (χ3v) is 4.18. The molecule has 1 aromatic carbocycles. The first-order valence-electron chi connectivity index (χ1n) is 6.79. The Labute approximate surface area is 141 Å². The number of carbonyl (C=O) groups excluding carboxylic acids is 3. The Morgan fingerprint density at radius 3 is 2.57 bits per heavy atom. The van der Waals surface area contributed by atoms with E-state index in [1.807, 2.05) is 0 Å². The summed E-state index contributed by atoms with van der Waals surface area (Å²) in [5.41, 5.74) is 2.49. The van der Waals surface area contributed by atoms with Crippen molar-refractivity contribution in [3.05, 3.63) is 28.2 Å². The van der Waals surface area contributed by atoms with Crippen LogP contribution in [-0.4, -0.2) is 36.1 Å². The fourth-order valence-electron chi connectivity index (χ4n) is 2.59. The van der Waals surface area contributed by atoms with Gasteiger partial charge < -0.3 is 4.74 Å². The van der Waals surface area contributed by atoms with Gasteiger partial charge in [0.1, 0.15) is 12.0 Å². The molecule has 2 aliphatic rings. The highest BCUT2D eigenvalue weighted by molar-refractivity contribution is 6.48. The molecule has 2 amide bonds. The van der Waals surface area contributed by atoms with E-state index in [2.05, 4.69) is 10.5 Å². The second kappa shape index (κ2) is 5.82. The van der Waals surface area contributed by atoms with Crippen molar-refractivity contribution in [2.24, 2.45) is 11.0 Å². The third-order valence-electron chi connectivity index (χ3n) is 3.57. The highest BCUT2D eigenvalue weighted by Gasteiger charge is 2.56. The number of rotatable bonds is 3. The van der Waals surface area contributed by atoms with Gasteiger partial charge in [0.05, 0.1) is 22.3 Å². The summed E-state index contributed by atoms with van der Waals surface area (Å²) in [4.78, 5) is 38.0. The normalized spacial score (nSPS) is 22.7. The Morgan fingerprint density at radius 1 is 1.30 bits per heavy atom. The van der Waals surface area contributed by atoms with E-state index >= 15 is 0 Å². The molecule has 3 rings (SSSR count). The maximum Gasteiger partial charge on any atom is 0.355 e. The van der Waals surface area contributed by atoms with Gasteiger partial charge in [-0.25, -0.2) is 9.69 Å². The van der Waals surface area contributed by atoms with Gasteiger partial charge in [-0.3, -0.25) is 15.0 Å². The van der Waals surface area contributed by atoms with Crippen molar-refractivity contribution in [1.29, 1.82) is 0 Å². The number of nitrogens with one attached hydrogen (secondary N) is 1. The molecular formula is C14H11Cl2N3O4. The molecule has 0 bridgehead atoms. The minimum atomic E-state index is -1.05. The molecule has 2 heterocycles. The van der Waals surface area contributed by atoms with Crippen LogP contribution in [0.3, 0.4) is 0 Å². The van der Waals surface area contributed by atoms with E-state index in [0.717, 1.165) is 4.90 Å². The second-order valence-electron chi connectivity index (χ2n) is 4.88. The van der Waals surface area contributed by atoms with Crippen molar-refractivity contribution in [3.8, 4) is 0 Å². The van der Waals surface area contributed by atoms with Crippen LogP contribution >= 0.6 is 23.2 Å². The van der Waals surface area contributed by atoms with E-state index in [4.69, 9.17) is 27.9 Å². The molecule has 7 nitrogen and oxygen atoms in total. The van der Waals surface area contributed by atoms with Crippen LogP contribution < -0.4 is 10.3 Å². The first-order valence-corrected chi connectivity index (χ1v) is 7.55. The molecule has 0 aromatic heterocycles. The molecule has 23 heavy (non-hydrogen) atoms. The number of amides is 2. The Kier molecular flexibility index (Phi) is 3.99. The van der Waals surface area contributed by atoms with E-state index in [-0.39, 0.29) is 28.1 Å². The molecule has 120 valence electrons. The number of benzene rings is 1. The highest BCUT2D eigenvalue weighted by Crippen LogP contribution is 2.39. The number of fused-ring (bicyclic) bond motifs is 1. The van der Waals surface area contributed by atoms with E-state index in [1.165, 1.54) is 12.1 Å². The number of halogens is 2. The zero-order valence-electron chi connectivity index (χ0n) is 11.9. The Hall–Kier alpha value is -2.12. The lowest BCUT2D eigenvalue weighted by Crippen LogP contribution is -2.36. The fraction of sp³-hybridized carbons (Fsp3) is 0.286. The van der Waals surface area contributed by atoms with E-state index in [1.54, 1.807) is 13.0 Å². The van der Waals surface area contributed by atoms with E-state index in [0.29, 0.717) is 0 Å². The lowest BCUT2D eigenvalue weighted by atomic mass is 9.99. The number of ether oxygens (including phenoxy) is 1. The van der Waals surface area contributed by atoms with Gasteiger partial charge in [0.15, 0.2) is 5.71 Å². The predicted molar refractivity (Wildman–Crippen MR) is 83.4 cm³/mol. The van der Waals surface area contributed by atoms with Crippen molar-refractivity contribution in [2.45, 2.75) is 13.0 Å². The summed E-state index contributed by atoms with van der Waals surface area (Å²) in [5, 5.41) is 4.09. The van der Waals surface area contributed by atoms with Crippen LogP contribution in [0.4, 0.5) is 5.69 Å². The molecule has 0 unspecified atom stereocenters. The Morgan fingerprint density at radius 2 is 1.96 bits per heavy atom. The lowest BCUT2D eigenvalue weighted by Gasteiger charge is -2.18. The summed E-state index contributed by atoms with van der Waals surface area (Å²) < 4.78 is 4.86. The molecule has 0 radical (unpaired) electrons. The number of imide groups is 1. The van der Waals surface area contributed by atoms with Crippen molar-refractivity contribution >= 4 is 52.4 Å². The Bertz CT molecular complexity index is 729. The van der Waals surface area contributed by atoms with Crippen LogP contribution in [0, 0.1) is 5.92 Å². The largest absolute Gasteiger partial charge is 0.461 e. The zero-order valence-corrected chi connectivity index (χ0v) is 13.4. The van der Waals surface area contributed by atoms with Gasteiger partial charge in [-0.15, -0.1) is 0 Å². The predicted octanol–water partition coefficient (Wildman–Crippen LogP) is 1.37. The van der Waals surface area contributed by atoms with Gasteiger partial charge in [0.25, 0.3) is 5.91 Å². The molecule has 1 fully saturated rings. The number of para-hydroxylation sites is 1. The number of hydrogen-bond acceptors (Lipinski definition) is 6. The highest BCUT2D eigenvalue weighted by atomic mass is 35.5. The molecule has 1 aromatic rings. The van der Waals surface area contributed by atoms with Crippen LogP contribution in [0.1, 0.15) is 6.92 Å². The number of hydrogen-bond donors (Lipinski definition) is 1. The second-order valence-corrected chi connectivity index (χ2v) is 5.70. The van der Waals surface area contributed by atoms with E-state index < -0.39 is 29.7 Å². The molecular weight excluding hydrogens is 345 g/mol. The SMILES string of the molecule is CCOC(=O)C1=NN[C@H]2C(=O)N(c3c(Cl)cccc3Cl)C(=O)[C@@H]12. The summed E-state index contributed by atoms with van der Waals surface area (Å²) in [6.45, 7) is 1.77. The van der Waals surface area contributed by atoms with Crippen LogP contribution in [0.15, 0.2) is 23.3 Å². The maximum atomic E-state index is 12.7. The van der Waals surface area contributed by atoms with E-state index in [9.17, 15) is 14.4 Å². The molecule has 0 aliphatic carbocycles. The van der Waals surface area contributed by atoms with Crippen molar-refractivity contribution in [3.63, 3.8) is 0 Å². The summed E-state index contributed by atoms with van der Waals surface area (Å²) in [7, 11) is 0. The smallest absolute Gasteiger partial charge is 0.355 e. The lowest BCUT2D eigenvalue weighted by molar-refractivity contribution is -0.136. The summed E-state index contributed by atoms with van der Waals surface area (Å²) in [6, 6.07) is 3.68. The third kappa shape index (κ3) is 2.36. The molecule has 0 spiro atoms. The van der Waals surface area contributed by atoms with Gasteiger partial charge in [-0.2, -0.15) is 5.10 Å². The number of esters is 1.